The van der Waals surface area contributed by atoms with Crippen molar-refractivity contribution >= 4 is 33.2 Å². The number of anilines is 1. The number of benzene rings is 2. The number of carboxylic acids is 1. The average molecular weight is 497 g/mol. The molecule has 0 amide bonds. The molecule has 3 rings (SSSR count). The Morgan fingerprint density at radius 2 is 1.77 bits per heavy atom. The van der Waals surface area contributed by atoms with Crippen molar-refractivity contribution in [3.05, 3.63) is 78.5 Å². The molecule has 0 bridgehead atoms. The predicted molar refractivity (Wildman–Crippen MR) is 136 cm³/mol. The highest BCUT2D eigenvalue weighted by Gasteiger charge is 2.44. The van der Waals surface area contributed by atoms with Crippen LogP contribution in [0.4, 0.5) is 11.4 Å². The number of unbranched alkanes of at least 4 members (excludes halogenated alkanes) is 3. The fourth-order valence-corrected chi connectivity index (χ4v) is 4.83. The number of fused-ring (bicyclic) bond motifs is 1. The number of carbonyl (C=O) groups is 1. The molecule has 1 aliphatic heterocycles. The number of carboxylic acid groups (broad SMARTS) is 1. The van der Waals surface area contributed by atoms with Crippen LogP contribution in [0.1, 0.15) is 51.5 Å². The van der Waals surface area contributed by atoms with Gasteiger partial charge in [0.1, 0.15) is 16.7 Å². The summed E-state index contributed by atoms with van der Waals surface area (Å²) in [5, 5.41) is 12.0. The van der Waals surface area contributed by atoms with Gasteiger partial charge in [-0.1, -0.05) is 30.7 Å². The van der Waals surface area contributed by atoms with Crippen molar-refractivity contribution < 1.29 is 27.4 Å². The zero-order valence-electron chi connectivity index (χ0n) is 20.1. The number of hydrogen-bond donors (Lipinski definition) is 2. The van der Waals surface area contributed by atoms with Gasteiger partial charge in [-0.3, -0.25) is 4.79 Å². The van der Waals surface area contributed by atoms with Crippen molar-refractivity contribution in [2.75, 3.05) is 11.9 Å². The summed E-state index contributed by atoms with van der Waals surface area (Å²) in [6.07, 6.45) is 11.1. The standard InChI is InChI=1S/C27H32N2O5S/c1-27(2)23-20-22(35(32,33)34)16-17-24(23)29(19-11-4-3-8-15-26(30)31)25(27)14-9-10-18-28-21-12-6-5-7-13-21/h5-7,9-10,12-14,16-18,20H,3-4,8,11,15,19H2,1-2H3,(H2,30,31,32,33,34). The number of nitrogens with one attached hydrogen (secondary N) is 1. The van der Waals surface area contributed by atoms with E-state index < -0.39 is 21.5 Å². The molecule has 0 aliphatic carbocycles. The first-order valence-electron chi connectivity index (χ1n) is 11.7. The van der Waals surface area contributed by atoms with Crippen molar-refractivity contribution in [1.82, 2.24) is 0 Å². The lowest BCUT2D eigenvalue weighted by atomic mass is 9.81. The first-order chi connectivity index (χ1) is 16.6. The van der Waals surface area contributed by atoms with Crippen molar-refractivity contribution in [2.45, 2.75) is 56.3 Å². The maximum absolute atomic E-state index is 11.6. The molecule has 0 unspecified atom stereocenters. The van der Waals surface area contributed by atoms with Crippen LogP contribution in [0.5, 0.6) is 0 Å². The van der Waals surface area contributed by atoms with Gasteiger partial charge < -0.3 is 15.0 Å². The van der Waals surface area contributed by atoms with Gasteiger partial charge in [0.2, 0.25) is 5.69 Å². The molecule has 0 fully saturated rings. The third-order valence-electron chi connectivity index (χ3n) is 6.16. The lowest BCUT2D eigenvalue weighted by Crippen LogP contribution is -2.28. The molecule has 186 valence electrons. The van der Waals surface area contributed by atoms with Gasteiger partial charge in [0.05, 0.1) is 10.3 Å². The summed E-state index contributed by atoms with van der Waals surface area (Å²) in [7, 11) is -4.56. The highest BCUT2D eigenvalue weighted by Crippen LogP contribution is 2.41. The van der Waals surface area contributed by atoms with Crippen molar-refractivity contribution in [3.63, 3.8) is 0 Å². The van der Waals surface area contributed by atoms with E-state index in [1.165, 1.54) is 12.1 Å². The van der Waals surface area contributed by atoms with E-state index in [4.69, 9.17) is 5.11 Å². The van der Waals surface area contributed by atoms with E-state index in [0.717, 1.165) is 41.9 Å². The normalized spacial score (nSPS) is 15.2. The second-order valence-corrected chi connectivity index (χ2v) is 10.5. The Morgan fingerprint density at radius 1 is 1.06 bits per heavy atom. The van der Waals surface area contributed by atoms with E-state index in [9.17, 15) is 17.8 Å². The summed E-state index contributed by atoms with van der Waals surface area (Å²) in [5.41, 5.74) is 3.17. The predicted octanol–water partition coefficient (Wildman–Crippen LogP) is 5.18. The summed E-state index contributed by atoms with van der Waals surface area (Å²) in [4.78, 5) is 10.5. The van der Waals surface area contributed by atoms with Crippen LogP contribution < -0.4 is 5.32 Å². The summed E-state index contributed by atoms with van der Waals surface area (Å²) >= 11 is 0. The fourth-order valence-electron chi connectivity index (χ4n) is 4.33. The molecule has 0 radical (unpaired) electrons. The molecule has 2 aromatic rings. The Kier molecular flexibility index (Phi) is 8.64. The molecular formula is C27H32N2O5S. The molecule has 35 heavy (non-hydrogen) atoms. The van der Waals surface area contributed by atoms with Crippen LogP contribution in [-0.4, -0.2) is 40.9 Å². The first-order valence-corrected chi connectivity index (χ1v) is 13.1. The van der Waals surface area contributed by atoms with Crippen LogP contribution in [0, 0.1) is 0 Å². The summed E-state index contributed by atoms with van der Waals surface area (Å²) in [5.74, 6) is -0.778. The second kappa shape index (κ2) is 11.5. The van der Waals surface area contributed by atoms with E-state index in [1.54, 1.807) is 6.07 Å². The average Bonchev–Trinajstić information content (AvgIpc) is 3.01. The Morgan fingerprint density at radius 3 is 2.46 bits per heavy atom. The molecular weight excluding hydrogens is 464 g/mol. The molecule has 2 aromatic carbocycles. The zero-order valence-corrected chi connectivity index (χ0v) is 20.9. The number of hydrogen-bond acceptors (Lipinski definition) is 5. The van der Waals surface area contributed by atoms with E-state index in [1.807, 2.05) is 68.6 Å². The Balaban J connectivity index is 1.82. The number of para-hydroxylation sites is 1. The monoisotopic (exact) mass is 496 g/mol. The van der Waals surface area contributed by atoms with Gasteiger partial charge in [0.25, 0.3) is 0 Å². The highest BCUT2D eigenvalue weighted by atomic mass is 32.2. The zero-order chi connectivity index (χ0) is 25.5. The van der Waals surface area contributed by atoms with E-state index in [2.05, 4.69) is 9.89 Å². The number of rotatable bonds is 12. The molecule has 1 heterocycles. The lowest BCUT2D eigenvalue weighted by Gasteiger charge is -2.17. The van der Waals surface area contributed by atoms with E-state index in [0.29, 0.717) is 13.0 Å². The maximum atomic E-state index is 11.6. The Hall–Kier alpha value is -3.23. The van der Waals surface area contributed by atoms with Gasteiger partial charge in [-0.2, -0.15) is 4.58 Å². The molecule has 0 aromatic heterocycles. The highest BCUT2D eigenvalue weighted by molar-refractivity contribution is 7.85. The van der Waals surface area contributed by atoms with Crippen LogP contribution in [-0.2, 0) is 20.3 Å². The van der Waals surface area contributed by atoms with Crippen LogP contribution in [0.3, 0.4) is 0 Å². The van der Waals surface area contributed by atoms with Gasteiger partial charge in [0.15, 0.2) is 5.71 Å². The summed E-state index contributed by atoms with van der Waals surface area (Å²) in [6, 6.07) is 14.4. The quantitative estimate of drug-likeness (QED) is 0.181. The first kappa shape index (κ1) is 26.4. The summed E-state index contributed by atoms with van der Waals surface area (Å²) in [6.45, 7) is 4.75. The second-order valence-electron chi connectivity index (χ2n) is 9.08. The Bertz CT molecular complexity index is 1250. The molecule has 8 heteroatoms. The van der Waals surface area contributed by atoms with Crippen LogP contribution in [0.25, 0.3) is 0 Å². The third kappa shape index (κ3) is 6.90. The fraction of sp³-hybridized carbons (Fsp3) is 0.333. The van der Waals surface area contributed by atoms with Crippen LogP contribution in [0.2, 0.25) is 0 Å². The summed E-state index contributed by atoms with van der Waals surface area (Å²) < 4.78 is 37.1. The number of nitrogens with zero attached hydrogens (tertiary/aromatic N) is 1. The number of aliphatic carboxylic acids is 1. The Labute approximate surface area is 207 Å². The van der Waals surface area contributed by atoms with Gasteiger partial charge >= 0.3 is 5.97 Å². The molecule has 0 spiro atoms. The van der Waals surface area contributed by atoms with Crippen LogP contribution >= 0.6 is 0 Å². The minimum Gasteiger partial charge on any atom is -0.744 e. The molecule has 1 aliphatic rings. The molecule has 7 nitrogen and oxygen atoms in total. The molecule has 0 atom stereocenters. The van der Waals surface area contributed by atoms with Gasteiger partial charge in [-0.25, -0.2) is 8.42 Å². The third-order valence-corrected chi connectivity index (χ3v) is 6.99. The van der Waals surface area contributed by atoms with Crippen molar-refractivity contribution in [3.8, 4) is 0 Å². The van der Waals surface area contributed by atoms with E-state index >= 15 is 0 Å². The van der Waals surface area contributed by atoms with Gasteiger partial charge in [0, 0.05) is 42.4 Å². The minimum atomic E-state index is -4.56. The van der Waals surface area contributed by atoms with Crippen molar-refractivity contribution in [1.29, 1.82) is 0 Å². The largest absolute Gasteiger partial charge is 0.744 e. The SMILES string of the molecule is CC1(C)C(/C=C/C=C/Nc2ccccc2)=[N+](CCCCCCC(=O)O)c2ccc(S(=O)(=O)[O-])cc21. The number of allylic oxidation sites excluding steroid dienone is 3. The van der Waals surface area contributed by atoms with Gasteiger partial charge in [-0.15, -0.1) is 0 Å². The topological polar surface area (TPSA) is 110 Å². The van der Waals surface area contributed by atoms with Crippen molar-refractivity contribution in [2.24, 2.45) is 0 Å². The maximum Gasteiger partial charge on any atom is 0.303 e. The molecule has 0 saturated carbocycles. The smallest absolute Gasteiger partial charge is 0.303 e. The van der Waals surface area contributed by atoms with E-state index in [-0.39, 0.29) is 11.3 Å². The van der Waals surface area contributed by atoms with Gasteiger partial charge in [-0.05, 0) is 57.0 Å². The lowest BCUT2D eigenvalue weighted by molar-refractivity contribution is -0.438. The minimum absolute atomic E-state index is 0.176. The molecule has 2 N–H and O–H groups in total. The molecule has 0 saturated heterocycles. The van der Waals surface area contributed by atoms with Crippen LogP contribution in [0.15, 0.2) is 77.9 Å².